The average molecular weight is 265 g/mol. The molecular formula is C14H19NO2S. The van der Waals surface area contributed by atoms with Gasteiger partial charge < -0.3 is 9.64 Å². The molecule has 0 unspecified atom stereocenters. The van der Waals surface area contributed by atoms with Gasteiger partial charge in [0.05, 0.1) is 0 Å². The van der Waals surface area contributed by atoms with Crippen molar-refractivity contribution in [2.75, 3.05) is 29.5 Å². The molecule has 18 heavy (non-hydrogen) atoms. The van der Waals surface area contributed by atoms with Crippen molar-refractivity contribution < 1.29 is 9.53 Å². The summed E-state index contributed by atoms with van der Waals surface area (Å²) in [7, 11) is 0. The lowest BCUT2D eigenvalue weighted by molar-refractivity contribution is -0.131. The molecule has 0 atom stereocenters. The molecule has 0 radical (unpaired) electrons. The quantitative estimate of drug-likeness (QED) is 0.621. The summed E-state index contributed by atoms with van der Waals surface area (Å²) in [6, 6.07) is 6.11. The molecule has 1 aromatic rings. The first kappa shape index (κ1) is 13.3. The molecule has 2 rings (SSSR count). The maximum Gasteiger partial charge on any atom is 0.308 e. The van der Waals surface area contributed by atoms with Crippen LogP contribution in [0.15, 0.2) is 18.2 Å². The maximum atomic E-state index is 11.0. The summed E-state index contributed by atoms with van der Waals surface area (Å²) in [5.41, 5.74) is 2.34. The number of esters is 1. The highest BCUT2D eigenvalue weighted by Crippen LogP contribution is 2.27. The molecule has 1 saturated heterocycles. The van der Waals surface area contributed by atoms with Crippen LogP contribution in [-0.4, -0.2) is 30.6 Å². The van der Waals surface area contributed by atoms with Crippen molar-refractivity contribution in [3.05, 3.63) is 23.8 Å². The van der Waals surface area contributed by atoms with Crippen LogP contribution in [0.3, 0.4) is 0 Å². The summed E-state index contributed by atoms with van der Waals surface area (Å²) in [6.45, 7) is 5.72. The van der Waals surface area contributed by atoms with E-state index in [1.807, 2.05) is 23.9 Å². The Morgan fingerprint density at radius 1 is 1.39 bits per heavy atom. The highest BCUT2D eigenvalue weighted by molar-refractivity contribution is 7.99. The lowest BCUT2D eigenvalue weighted by Gasteiger charge is -2.29. The Hall–Kier alpha value is -1.16. The van der Waals surface area contributed by atoms with Gasteiger partial charge in [-0.25, -0.2) is 0 Å². The van der Waals surface area contributed by atoms with E-state index in [9.17, 15) is 4.79 Å². The van der Waals surface area contributed by atoms with Gasteiger partial charge in [-0.05, 0) is 30.2 Å². The predicted molar refractivity (Wildman–Crippen MR) is 76.7 cm³/mol. The minimum absolute atomic E-state index is 0.258. The molecule has 1 aliphatic rings. The fourth-order valence-electron chi connectivity index (χ4n) is 2.11. The van der Waals surface area contributed by atoms with Crippen molar-refractivity contribution in [1.29, 1.82) is 0 Å². The van der Waals surface area contributed by atoms with Crippen LogP contribution in [-0.2, 0) is 11.2 Å². The molecule has 0 amide bonds. The summed E-state index contributed by atoms with van der Waals surface area (Å²) in [6.07, 6.45) is 0.874. The smallest absolute Gasteiger partial charge is 0.308 e. The second kappa shape index (κ2) is 6.14. The van der Waals surface area contributed by atoms with Crippen molar-refractivity contribution >= 4 is 23.4 Å². The Bertz CT molecular complexity index is 428. The third-order valence-electron chi connectivity index (χ3n) is 3.05. The third kappa shape index (κ3) is 3.19. The van der Waals surface area contributed by atoms with Crippen LogP contribution in [0, 0.1) is 0 Å². The molecule has 98 valence electrons. The zero-order valence-electron chi connectivity index (χ0n) is 10.9. The molecule has 0 N–H and O–H groups in total. The second-order valence-electron chi connectivity index (χ2n) is 4.34. The Kier molecular flexibility index (Phi) is 4.53. The van der Waals surface area contributed by atoms with Crippen LogP contribution in [0.2, 0.25) is 0 Å². The average Bonchev–Trinajstić information content (AvgIpc) is 2.39. The standard InChI is InChI=1S/C14H19NO2S/c1-3-12-10-13(15-6-8-18-9-7-15)4-5-14(12)17-11(2)16/h4-5,10H,3,6-9H2,1-2H3. The van der Waals surface area contributed by atoms with E-state index >= 15 is 0 Å². The second-order valence-corrected chi connectivity index (χ2v) is 5.56. The number of hydrogen-bond donors (Lipinski definition) is 0. The largest absolute Gasteiger partial charge is 0.426 e. The highest BCUT2D eigenvalue weighted by Gasteiger charge is 2.13. The van der Waals surface area contributed by atoms with E-state index < -0.39 is 0 Å². The first-order chi connectivity index (χ1) is 8.70. The first-order valence-electron chi connectivity index (χ1n) is 6.34. The van der Waals surface area contributed by atoms with Crippen LogP contribution in [0.4, 0.5) is 5.69 Å². The number of aryl methyl sites for hydroxylation is 1. The van der Waals surface area contributed by atoms with E-state index in [0.29, 0.717) is 5.75 Å². The molecule has 3 nitrogen and oxygen atoms in total. The van der Waals surface area contributed by atoms with Gasteiger partial charge in [0.1, 0.15) is 5.75 Å². The number of thioether (sulfide) groups is 1. The van der Waals surface area contributed by atoms with Gasteiger partial charge in [0.15, 0.2) is 0 Å². The van der Waals surface area contributed by atoms with Crippen LogP contribution < -0.4 is 9.64 Å². The van der Waals surface area contributed by atoms with Gasteiger partial charge in [-0.15, -0.1) is 0 Å². The molecule has 4 heteroatoms. The number of carbonyl (C=O) groups excluding carboxylic acids is 1. The molecule has 1 aromatic carbocycles. The molecule has 1 heterocycles. The number of nitrogens with zero attached hydrogens (tertiary/aromatic N) is 1. The van der Waals surface area contributed by atoms with E-state index in [1.165, 1.54) is 24.1 Å². The monoisotopic (exact) mass is 265 g/mol. The van der Waals surface area contributed by atoms with Gasteiger partial charge in [0.25, 0.3) is 0 Å². The van der Waals surface area contributed by atoms with Crippen LogP contribution in [0.1, 0.15) is 19.4 Å². The molecule has 0 aromatic heterocycles. The van der Waals surface area contributed by atoms with Gasteiger partial charge in [0.2, 0.25) is 0 Å². The minimum Gasteiger partial charge on any atom is -0.426 e. The van der Waals surface area contributed by atoms with E-state index in [2.05, 4.69) is 17.9 Å². The molecule has 1 aliphatic heterocycles. The number of hydrogen-bond acceptors (Lipinski definition) is 4. The highest BCUT2D eigenvalue weighted by atomic mass is 32.2. The van der Waals surface area contributed by atoms with Gasteiger partial charge in [-0.2, -0.15) is 11.8 Å². The summed E-state index contributed by atoms with van der Waals surface area (Å²) < 4.78 is 5.22. The normalized spacial score (nSPS) is 15.6. The van der Waals surface area contributed by atoms with Crippen molar-refractivity contribution in [2.24, 2.45) is 0 Å². The van der Waals surface area contributed by atoms with Crippen molar-refractivity contribution in [3.8, 4) is 5.75 Å². The van der Waals surface area contributed by atoms with Crippen molar-refractivity contribution in [3.63, 3.8) is 0 Å². The summed E-state index contributed by atoms with van der Waals surface area (Å²) in [4.78, 5) is 13.4. The lowest BCUT2D eigenvalue weighted by atomic mass is 10.1. The molecule has 0 aliphatic carbocycles. The lowest BCUT2D eigenvalue weighted by Crippen LogP contribution is -2.32. The molecule has 0 bridgehead atoms. The Morgan fingerprint density at radius 2 is 2.11 bits per heavy atom. The maximum absolute atomic E-state index is 11.0. The van der Waals surface area contributed by atoms with Crippen LogP contribution in [0.25, 0.3) is 0 Å². The fourth-order valence-corrected chi connectivity index (χ4v) is 3.02. The Balaban J connectivity index is 2.20. The number of carbonyl (C=O) groups is 1. The van der Waals surface area contributed by atoms with Gasteiger partial charge in [0, 0.05) is 37.2 Å². The minimum atomic E-state index is -0.258. The predicted octanol–water partition coefficient (Wildman–Crippen LogP) is 2.73. The van der Waals surface area contributed by atoms with Gasteiger partial charge in [-0.3, -0.25) is 4.79 Å². The summed E-state index contributed by atoms with van der Waals surface area (Å²) >= 11 is 2.00. The topological polar surface area (TPSA) is 29.5 Å². The van der Waals surface area contributed by atoms with Crippen molar-refractivity contribution in [2.45, 2.75) is 20.3 Å². The number of benzene rings is 1. The SMILES string of the molecule is CCc1cc(N2CCSCC2)ccc1OC(C)=O. The zero-order chi connectivity index (χ0) is 13.0. The molecule has 0 spiro atoms. The van der Waals surface area contributed by atoms with Gasteiger partial charge in [-0.1, -0.05) is 6.92 Å². The molecule has 1 fully saturated rings. The first-order valence-corrected chi connectivity index (χ1v) is 7.50. The van der Waals surface area contributed by atoms with Gasteiger partial charge >= 0.3 is 5.97 Å². The Morgan fingerprint density at radius 3 is 2.72 bits per heavy atom. The van der Waals surface area contributed by atoms with E-state index in [1.54, 1.807) is 0 Å². The van der Waals surface area contributed by atoms with E-state index in [4.69, 9.17) is 4.74 Å². The van der Waals surface area contributed by atoms with Crippen LogP contribution >= 0.6 is 11.8 Å². The van der Waals surface area contributed by atoms with Crippen molar-refractivity contribution in [1.82, 2.24) is 0 Å². The molecular weight excluding hydrogens is 246 g/mol. The fraction of sp³-hybridized carbons (Fsp3) is 0.500. The third-order valence-corrected chi connectivity index (χ3v) is 4.00. The molecule has 0 saturated carbocycles. The number of rotatable bonds is 3. The zero-order valence-corrected chi connectivity index (χ0v) is 11.8. The summed E-state index contributed by atoms with van der Waals surface area (Å²) in [5, 5.41) is 0. The Labute approximate surface area is 113 Å². The van der Waals surface area contributed by atoms with E-state index in [-0.39, 0.29) is 5.97 Å². The summed E-state index contributed by atoms with van der Waals surface area (Å²) in [5.74, 6) is 2.81. The van der Waals surface area contributed by atoms with E-state index in [0.717, 1.165) is 25.1 Å². The number of anilines is 1. The van der Waals surface area contributed by atoms with Crippen LogP contribution in [0.5, 0.6) is 5.75 Å². The number of ether oxygens (including phenoxy) is 1.